The number of hydrogen-bond acceptors (Lipinski definition) is 4. The van der Waals surface area contributed by atoms with E-state index in [1.807, 2.05) is 23.8 Å². The van der Waals surface area contributed by atoms with Crippen molar-refractivity contribution in [1.82, 2.24) is 9.97 Å². The first-order valence-corrected chi connectivity index (χ1v) is 6.26. The smallest absolute Gasteiger partial charge is 0.0943 e. The molecule has 3 nitrogen and oxygen atoms in total. The Bertz CT molecular complexity index is 439. The Hall–Kier alpha value is -1.26. The monoisotopic (exact) mass is 233 g/mol. The van der Waals surface area contributed by atoms with Gasteiger partial charge in [0.15, 0.2) is 0 Å². The third-order valence-corrected chi connectivity index (χ3v) is 3.40. The molecule has 4 heteroatoms. The van der Waals surface area contributed by atoms with Crippen molar-refractivity contribution in [3.8, 4) is 0 Å². The summed E-state index contributed by atoms with van der Waals surface area (Å²) >= 11 is 1.65. The van der Waals surface area contributed by atoms with Crippen molar-refractivity contribution in [2.75, 3.05) is 0 Å². The van der Waals surface area contributed by atoms with Crippen LogP contribution in [0.5, 0.6) is 0 Å². The van der Waals surface area contributed by atoms with Gasteiger partial charge >= 0.3 is 0 Å². The van der Waals surface area contributed by atoms with Crippen LogP contribution in [0.4, 0.5) is 0 Å². The SMILES string of the molecule is CCc1cnccc1C(N)Cc1nccs1. The molecule has 0 aromatic carbocycles. The third-order valence-electron chi connectivity index (χ3n) is 2.60. The minimum Gasteiger partial charge on any atom is -0.324 e. The molecule has 1 unspecified atom stereocenters. The van der Waals surface area contributed by atoms with Gasteiger partial charge in [-0.1, -0.05) is 6.92 Å². The van der Waals surface area contributed by atoms with Crippen molar-refractivity contribution in [3.63, 3.8) is 0 Å². The van der Waals surface area contributed by atoms with Crippen molar-refractivity contribution in [2.24, 2.45) is 5.73 Å². The predicted octanol–water partition coefficient (Wildman–Crippen LogP) is 2.34. The van der Waals surface area contributed by atoms with Crippen LogP contribution in [0, 0.1) is 0 Å². The Morgan fingerprint density at radius 1 is 1.44 bits per heavy atom. The molecule has 16 heavy (non-hydrogen) atoms. The standard InChI is InChI=1S/C12H15N3S/c1-2-9-8-14-4-3-10(9)11(13)7-12-15-5-6-16-12/h3-6,8,11H,2,7,13H2,1H3. The van der Waals surface area contributed by atoms with Gasteiger partial charge in [0.25, 0.3) is 0 Å². The fraction of sp³-hybridized carbons (Fsp3) is 0.333. The lowest BCUT2D eigenvalue weighted by Crippen LogP contribution is -2.15. The third kappa shape index (κ3) is 2.46. The van der Waals surface area contributed by atoms with Crippen LogP contribution in [0.25, 0.3) is 0 Å². The zero-order valence-corrected chi connectivity index (χ0v) is 10.1. The Morgan fingerprint density at radius 3 is 3.00 bits per heavy atom. The molecule has 0 aliphatic carbocycles. The van der Waals surface area contributed by atoms with Crippen LogP contribution in [0.2, 0.25) is 0 Å². The zero-order valence-electron chi connectivity index (χ0n) is 9.26. The van der Waals surface area contributed by atoms with Crippen molar-refractivity contribution in [2.45, 2.75) is 25.8 Å². The fourth-order valence-corrected chi connectivity index (χ4v) is 2.42. The Morgan fingerprint density at radius 2 is 2.31 bits per heavy atom. The van der Waals surface area contributed by atoms with E-state index in [2.05, 4.69) is 16.9 Å². The van der Waals surface area contributed by atoms with Gasteiger partial charge in [0.2, 0.25) is 0 Å². The van der Waals surface area contributed by atoms with Crippen LogP contribution in [0.1, 0.15) is 29.1 Å². The van der Waals surface area contributed by atoms with E-state index in [1.54, 1.807) is 17.5 Å². The minimum absolute atomic E-state index is 0.0177. The van der Waals surface area contributed by atoms with E-state index in [0.29, 0.717) is 0 Å². The number of nitrogens with zero attached hydrogens (tertiary/aromatic N) is 2. The molecule has 0 saturated carbocycles. The van der Waals surface area contributed by atoms with E-state index in [4.69, 9.17) is 5.73 Å². The second-order valence-electron chi connectivity index (χ2n) is 3.66. The van der Waals surface area contributed by atoms with Gasteiger partial charge in [-0.15, -0.1) is 11.3 Å². The maximum atomic E-state index is 6.20. The number of nitrogens with two attached hydrogens (primary N) is 1. The number of aryl methyl sites for hydroxylation is 1. The van der Waals surface area contributed by atoms with Crippen LogP contribution >= 0.6 is 11.3 Å². The highest BCUT2D eigenvalue weighted by atomic mass is 32.1. The van der Waals surface area contributed by atoms with Crippen LogP contribution in [-0.2, 0) is 12.8 Å². The fourth-order valence-electron chi connectivity index (χ4n) is 1.75. The second-order valence-corrected chi connectivity index (χ2v) is 4.64. The highest BCUT2D eigenvalue weighted by molar-refractivity contribution is 7.09. The first kappa shape index (κ1) is 11.2. The van der Waals surface area contributed by atoms with Gasteiger partial charge in [0.1, 0.15) is 0 Å². The highest BCUT2D eigenvalue weighted by Crippen LogP contribution is 2.20. The summed E-state index contributed by atoms with van der Waals surface area (Å²) in [6.45, 7) is 2.12. The molecule has 0 bridgehead atoms. The summed E-state index contributed by atoms with van der Waals surface area (Å²) in [5.41, 5.74) is 8.62. The number of rotatable bonds is 4. The zero-order chi connectivity index (χ0) is 11.4. The van der Waals surface area contributed by atoms with Crippen molar-refractivity contribution >= 4 is 11.3 Å². The van der Waals surface area contributed by atoms with Crippen LogP contribution in [0.3, 0.4) is 0 Å². The normalized spacial score (nSPS) is 12.6. The summed E-state index contributed by atoms with van der Waals surface area (Å²) in [6, 6.07) is 2.03. The predicted molar refractivity (Wildman–Crippen MR) is 66.4 cm³/mol. The molecular formula is C12H15N3S. The van der Waals surface area contributed by atoms with E-state index in [-0.39, 0.29) is 6.04 Å². The number of aromatic nitrogens is 2. The van der Waals surface area contributed by atoms with Gasteiger partial charge in [-0.3, -0.25) is 4.98 Å². The van der Waals surface area contributed by atoms with Gasteiger partial charge in [0, 0.05) is 36.4 Å². The molecule has 2 heterocycles. The van der Waals surface area contributed by atoms with E-state index < -0.39 is 0 Å². The van der Waals surface area contributed by atoms with Crippen LogP contribution in [0.15, 0.2) is 30.0 Å². The lowest BCUT2D eigenvalue weighted by molar-refractivity contribution is 0.706. The molecule has 2 rings (SSSR count). The van der Waals surface area contributed by atoms with E-state index in [9.17, 15) is 0 Å². The number of thiazole rings is 1. The van der Waals surface area contributed by atoms with Crippen LogP contribution in [-0.4, -0.2) is 9.97 Å². The summed E-state index contributed by atoms with van der Waals surface area (Å²) in [7, 11) is 0. The Kier molecular flexibility index (Phi) is 3.64. The van der Waals surface area contributed by atoms with Gasteiger partial charge in [-0.05, 0) is 23.6 Å². The van der Waals surface area contributed by atoms with E-state index in [1.165, 1.54) is 11.1 Å². The van der Waals surface area contributed by atoms with Crippen LogP contribution < -0.4 is 5.73 Å². The summed E-state index contributed by atoms with van der Waals surface area (Å²) < 4.78 is 0. The van der Waals surface area contributed by atoms with Gasteiger partial charge in [0.05, 0.1) is 5.01 Å². The molecule has 0 aliphatic rings. The van der Waals surface area contributed by atoms with Crippen molar-refractivity contribution in [3.05, 3.63) is 46.2 Å². The quantitative estimate of drug-likeness (QED) is 0.882. The van der Waals surface area contributed by atoms with Crippen molar-refractivity contribution in [1.29, 1.82) is 0 Å². The minimum atomic E-state index is 0.0177. The molecule has 84 valence electrons. The largest absolute Gasteiger partial charge is 0.324 e. The lowest BCUT2D eigenvalue weighted by atomic mass is 9.99. The Labute approximate surface area is 99.4 Å². The Balaban J connectivity index is 2.17. The first-order valence-electron chi connectivity index (χ1n) is 5.38. The molecule has 2 aromatic heterocycles. The second kappa shape index (κ2) is 5.18. The molecule has 0 aliphatic heterocycles. The summed E-state index contributed by atoms with van der Waals surface area (Å²) in [5, 5.41) is 3.07. The molecule has 0 fully saturated rings. The topological polar surface area (TPSA) is 51.8 Å². The summed E-state index contributed by atoms with van der Waals surface area (Å²) in [4.78, 5) is 8.39. The average molecular weight is 233 g/mol. The van der Waals surface area contributed by atoms with Gasteiger partial charge in [-0.2, -0.15) is 0 Å². The number of pyridine rings is 1. The molecule has 0 amide bonds. The molecule has 2 N–H and O–H groups in total. The van der Waals surface area contributed by atoms with Crippen molar-refractivity contribution < 1.29 is 0 Å². The lowest BCUT2D eigenvalue weighted by Gasteiger charge is -2.13. The number of hydrogen-bond donors (Lipinski definition) is 1. The molecule has 2 aromatic rings. The van der Waals surface area contributed by atoms with Gasteiger partial charge in [-0.25, -0.2) is 4.98 Å². The molecule has 1 atom stereocenters. The molecule has 0 radical (unpaired) electrons. The summed E-state index contributed by atoms with van der Waals surface area (Å²) in [5.74, 6) is 0. The average Bonchev–Trinajstić information content (AvgIpc) is 2.81. The molecular weight excluding hydrogens is 218 g/mol. The van der Waals surface area contributed by atoms with E-state index in [0.717, 1.165) is 17.8 Å². The molecule has 0 saturated heterocycles. The highest BCUT2D eigenvalue weighted by Gasteiger charge is 2.11. The summed E-state index contributed by atoms with van der Waals surface area (Å²) in [6.07, 6.45) is 7.29. The van der Waals surface area contributed by atoms with E-state index >= 15 is 0 Å². The molecule has 0 spiro atoms. The van der Waals surface area contributed by atoms with Gasteiger partial charge < -0.3 is 5.73 Å². The maximum Gasteiger partial charge on any atom is 0.0943 e. The maximum absolute atomic E-state index is 6.20. The first-order chi connectivity index (χ1) is 7.81.